The summed E-state index contributed by atoms with van der Waals surface area (Å²) < 4.78 is 10.2. The number of halogens is 1. The van der Waals surface area contributed by atoms with E-state index in [9.17, 15) is 0 Å². The van der Waals surface area contributed by atoms with E-state index in [0.29, 0.717) is 6.61 Å². The van der Waals surface area contributed by atoms with Crippen molar-refractivity contribution in [2.75, 3.05) is 40.5 Å². The van der Waals surface area contributed by atoms with E-state index in [1.165, 1.54) is 5.56 Å². The zero-order valence-electron chi connectivity index (χ0n) is 13.7. The normalized spacial score (nSPS) is 10.8. The zero-order chi connectivity index (χ0) is 15.3. The third-order valence-corrected chi connectivity index (χ3v) is 3.00. The Morgan fingerprint density at radius 3 is 2.45 bits per heavy atom. The fourth-order valence-electron chi connectivity index (χ4n) is 1.88. The largest absolute Gasteiger partial charge is 0.497 e. The topological polar surface area (TPSA) is 54.9 Å². The van der Waals surface area contributed by atoms with Crippen molar-refractivity contribution in [1.82, 2.24) is 10.6 Å². The molecule has 6 heteroatoms. The monoisotopic (exact) mass is 421 g/mol. The molecule has 0 saturated heterocycles. The van der Waals surface area contributed by atoms with Crippen molar-refractivity contribution in [3.8, 4) is 5.75 Å². The van der Waals surface area contributed by atoms with E-state index in [0.717, 1.165) is 44.2 Å². The van der Waals surface area contributed by atoms with Crippen LogP contribution >= 0.6 is 24.0 Å². The number of ether oxygens (including phenoxy) is 2. The predicted octanol–water partition coefficient (Wildman–Crippen LogP) is 2.45. The molecule has 0 unspecified atom stereocenters. The van der Waals surface area contributed by atoms with Crippen molar-refractivity contribution >= 4 is 29.9 Å². The summed E-state index contributed by atoms with van der Waals surface area (Å²) in [6, 6.07) is 8.19. The van der Waals surface area contributed by atoms with Gasteiger partial charge in [-0.3, -0.25) is 4.99 Å². The molecule has 5 nitrogen and oxygen atoms in total. The molecule has 1 aromatic rings. The first-order valence-electron chi connectivity index (χ1n) is 7.44. The highest BCUT2D eigenvalue weighted by molar-refractivity contribution is 14.0. The average molecular weight is 421 g/mol. The Morgan fingerprint density at radius 2 is 1.86 bits per heavy atom. The highest BCUT2D eigenvalue weighted by Crippen LogP contribution is 2.12. The number of guanidine groups is 1. The van der Waals surface area contributed by atoms with Gasteiger partial charge in [-0.1, -0.05) is 12.1 Å². The summed E-state index contributed by atoms with van der Waals surface area (Å²) in [6.07, 6.45) is 2.04. The summed E-state index contributed by atoms with van der Waals surface area (Å²) >= 11 is 0. The first-order chi connectivity index (χ1) is 10.3. The number of hydrogen-bond acceptors (Lipinski definition) is 3. The van der Waals surface area contributed by atoms with Crippen LogP contribution in [0.15, 0.2) is 29.3 Å². The Kier molecular flexibility index (Phi) is 13.0. The molecular formula is C16H28IN3O2. The van der Waals surface area contributed by atoms with Crippen LogP contribution in [0.1, 0.15) is 18.9 Å². The van der Waals surface area contributed by atoms with Crippen molar-refractivity contribution in [2.45, 2.75) is 19.8 Å². The number of nitrogens with zero attached hydrogens (tertiary/aromatic N) is 1. The van der Waals surface area contributed by atoms with Gasteiger partial charge in [-0.2, -0.15) is 0 Å². The summed E-state index contributed by atoms with van der Waals surface area (Å²) in [5.74, 6) is 1.75. The van der Waals surface area contributed by atoms with Gasteiger partial charge < -0.3 is 20.1 Å². The van der Waals surface area contributed by atoms with Crippen LogP contribution in [0, 0.1) is 0 Å². The van der Waals surface area contributed by atoms with E-state index in [1.807, 2.05) is 12.1 Å². The molecule has 0 saturated carbocycles. The quantitative estimate of drug-likeness (QED) is 0.279. The van der Waals surface area contributed by atoms with E-state index in [2.05, 4.69) is 34.7 Å². The molecule has 0 atom stereocenters. The Bertz CT molecular complexity index is 410. The van der Waals surface area contributed by atoms with Gasteiger partial charge in [0.15, 0.2) is 5.96 Å². The smallest absolute Gasteiger partial charge is 0.191 e. The molecule has 0 radical (unpaired) electrons. The molecule has 2 N–H and O–H groups in total. The van der Waals surface area contributed by atoms with Crippen molar-refractivity contribution in [2.24, 2.45) is 4.99 Å². The molecule has 0 amide bonds. The van der Waals surface area contributed by atoms with Crippen LogP contribution in [0.5, 0.6) is 5.75 Å². The molecule has 0 bridgehead atoms. The molecule has 1 rings (SSSR count). The lowest BCUT2D eigenvalue weighted by Crippen LogP contribution is -2.39. The van der Waals surface area contributed by atoms with E-state index in [-0.39, 0.29) is 24.0 Å². The minimum Gasteiger partial charge on any atom is -0.497 e. The Hall–Kier alpha value is -1.02. The second kappa shape index (κ2) is 13.6. The van der Waals surface area contributed by atoms with E-state index in [1.54, 1.807) is 14.2 Å². The number of rotatable bonds is 9. The minimum atomic E-state index is 0. The highest BCUT2D eigenvalue weighted by atomic mass is 127. The van der Waals surface area contributed by atoms with E-state index >= 15 is 0 Å². The lowest BCUT2D eigenvalue weighted by atomic mass is 10.1. The highest BCUT2D eigenvalue weighted by Gasteiger charge is 1.97. The molecule has 0 aromatic heterocycles. The lowest BCUT2D eigenvalue weighted by molar-refractivity contribution is 0.203. The van der Waals surface area contributed by atoms with Crippen molar-refractivity contribution in [1.29, 1.82) is 0 Å². The molecule has 0 spiro atoms. The lowest BCUT2D eigenvalue weighted by Gasteiger charge is -2.10. The second-order valence-corrected chi connectivity index (χ2v) is 4.63. The van der Waals surface area contributed by atoms with Gasteiger partial charge in [-0.05, 0) is 37.5 Å². The van der Waals surface area contributed by atoms with Gasteiger partial charge in [0.2, 0.25) is 0 Å². The van der Waals surface area contributed by atoms with Crippen LogP contribution in [0.25, 0.3) is 0 Å². The molecule has 22 heavy (non-hydrogen) atoms. The maximum absolute atomic E-state index is 5.15. The van der Waals surface area contributed by atoms with Gasteiger partial charge in [-0.15, -0.1) is 24.0 Å². The van der Waals surface area contributed by atoms with Crippen LogP contribution < -0.4 is 15.4 Å². The van der Waals surface area contributed by atoms with Crippen LogP contribution in [-0.2, 0) is 11.2 Å². The summed E-state index contributed by atoms with van der Waals surface area (Å²) in [5.41, 5.74) is 1.31. The van der Waals surface area contributed by atoms with Gasteiger partial charge in [-0.25, -0.2) is 0 Å². The molecule has 0 aliphatic heterocycles. The maximum Gasteiger partial charge on any atom is 0.191 e. The molecule has 0 aliphatic carbocycles. The Morgan fingerprint density at radius 1 is 1.14 bits per heavy atom. The van der Waals surface area contributed by atoms with Crippen LogP contribution in [0.2, 0.25) is 0 Å². The molecule has 1 aromatic carbocycles. The standard InChI is InChI=1S/C16H27N3O2.HI/c1-4-17-16(19-12-13-20-2)18-11-5-6-14-7-9-15(21-3)10-8-14;/h7-10H,4-6,11-13H2,1-3H3,(H2,17,18,19);1H. The van der Waals surface area contributed by atoms with Crippen molar-refractivity contribution in [3.05, 3.63) is 29.8 Å². The number of aliphatic imine (C=N–C) groups is 1. The van der Waals surface area contributed by atoms with E-state index in [4.69, 9.17) is 9.47 Å². The average Bonchev–Trinajstić information content (AvgIpc) is 2.52. The van der Waals surface area contributed by atoms with E-state index < -0.39 is 0 Å². The fraction of sp³-hybridized carbons (Fsp3) is 0.562. The predicted molar refractivity (Wildman–Crippen MR) is 103 cm³/mol. The number of hydrogen-bond donors (Lipinski definition) is 2. The van der Waals surface area contributed by atoms with Gasteiger partial charge in [0.1, 0.15) is 5.75 Å². The minimum absolute atomic E-state index is 0. The Labute approximate surface area is 150 Å². The third kappa shape index (κ3) is 9.09. The molecular weight excluding hydrogens is 393 g/mol. The van der Waals surface area contributed by atoms with Gasteiger partial charge >= 0.3 is 0 Å². The molecule has 126 valence electrons. The Balaban J connectivity index is 0.00000441. The second-order valence-electron chi connectivity index (χ2n) is 4.63. The summed E-state index contributed by atoms with van der Waals surface area (Å²) in [5, 5.41) is 6.45. The first-order valence-corrected chi connectivity index (χ1v) is 7.44. The van der Waals surface area contributed by atoms with Gasteiger partial charge in [0.25, 0.3) is 0 Å². The molecule has 0 heterocycles. The summed E-state index contributed by atoms with van der Waals surface area (Å²) in [4.78, 5) is 4.55. The molecule has 0 fully saturated rings. The van der Waals surface area contributed by atoms with Gasteiger partial charge in [0, 0.05) is 26.7 Å². The third-order valence-electron chi connectivity index (χ3n) is 3.00. The maximum atomic E-state index is 5.15. The van der Waals surface area contributed by atoms with Crippen LogP contribution in [-0.4, -0.2) is 46.4 Å². The number of methoxy groups -OCH3 is 2. The summed E-state index contributed by atoms with van der Waals surface area (Å²) in [6.45, 7) is 5.16. The number of aryl methyl sites for hydroxylation is 1. The SMILES string of the molecule is CCNC(=NCCCc1ccc(OC)cc1)NCCOC.I. The summed E-state index contributed by atoms with van der Waals surface area (Å²) in [7, 11) is 3.38. The first kappa shape index (κ1) is 21.0. The molecule has 0 aliphatic rings. The zero-order valence-corrected chi connectivity index (χ0v) is 16.1. The van der Waals surface area contributed by atoms with Crippen LogP contribution in [0.3, 0.4) is 0 Å². The van der Waals surface area contributed by atoms with Crippen LogP contribution in [0.4, 0.5) is 0 Å². The van der Waals surface area contributed by atoms with Crippen molar-refractivity contribution < 1.29 is 9.47 Å². The number of benzene rings is 1. The van der Waals surface area contributed by atoms with Crippen molar-refractivity contribution in [3.63, 3.8) is 0 Å². The van der Waals surface area contributed by atoms with Gasteiger partial charge in [0.05, 0.1) is 13.7 Å². The number of nitrogens with one attached hydrogen (secondary N) is 2. The fourth-order valence-corrected chi connectivity index (χ4v) is 1.88.